The van der Waals surface area contributed by atoms with Crippen molar-refractivity contribution < 1.29 is 0 Å². The van der Waals surface area contributed by atoms with E-state index in [4.69, 9.17) is 5.26 Å². The van der Waals surface area contributed by atoms with Gasteiger partial charge < -0.3 is 0 Å². The van der Waals surface area contributed by atoms with E-state index in [1.807, 2.05) is 0 Å². The summed E-state index contributed by atoms with van der Waals surface area (Å²) in [5.41, 5.74) is 2.21. The molecule has 0 radical (unpaired) electrons. The van der Waals surface area contributed by atoms with Gasteiger partial charge in [-0.1, -0.05) is 0 Å². The van der Waals surface area contributed by atoms with Crippen LogP contribution in [-0.4, -0.2) is 15.8 Å². The zero-order valence-electron chi connectivity index (χ0n) is 3.86. The van der Waals surface area contributed by atoms with Crippen LogP contribution in [0.4, 0.5) is 0 Å². The molecule has 0 fully saturated rings. The summed E-state index contributed by atoms with van der Waals surface area (Å²) in [6.07, 6.45) is 0.774. The summed E-state index contributed by atoms with van der Waals surface area (Å²) >= 11 is 0.276. The maximum atomic E-state index is 7.97. The van der Waals surface area contributed by atoms with Crippen molar-refractivity contribution in [2.24, 2.45) is 0 Å². The van der Waals surface area contributed by atoms with Crippen molar-refractivity contribution in [1.29, 1.82) is 5.26 Å². The molecule has 0 aliphatic rings. The van der Waals surface area contributed by atoms with E-state index < -0.39 is 0 Å². The van der Waals surface area contributed by atoms with Gasteiger partial charge in [0.25, 0.3) is 0 Å². The Hall–Kier alpha value is 0.0484. The summed E-state index contributed by atoms with van der Waals surface area (Å²) in [6, 6.07) is 2.10. The molecule has 0 rings (SSSR count). The molecule has 0 aromatic heterocycles. The van der Waals surface area contributed by atoms with E-state index >= 15 is 0 Å². The fourth-order valence-corrected chi connectivity index (χ4v) is 0.940. The third-order valence-electron chi connectivity index (χ3n) is 0.487. The van der Waals surface area contributed by atoms with Crippen LogP contribution < -0.4 is 0 Å². The van der Waals surface area contributed by atoms with Crippen LogP contribution in [0.2, 0.25) is 10.9 Å². The van der Waals surface area contributed by atoms with Gasteiger partial charge in [0.05, 0.1) is 0 Å². The van der Waals surface area contributed by atoms with Gasteiger partial charge in [-0.2, -0.15) is 0 Å². The van der Waals surface area contributed by atoms with Gasteiger partial charge in [0, 0.05) is 0 Å². The van der Waals surface area contributed by atoms with Gasteiger partial charge in [-0.25, -0.2) is 0 Å². The minimum absolute atomic E-state index is 0.276. The molecule has 0 saturated heterocycles. The van der Waals surface area contributed by atoms with Gasteiger partial charge in [-0.3, -0.25) is 0 Å². The number of nitriles is 1. The molecule has 0 N–H and O–H groups in total. The van der Waals surface area contributed by atoms with E-state index in [1.54, 1.807) is 0 Å². The maximum absolute atomic E-state index is 7.97. The Labute approximate surface area is 45.0 Å². The molecular weight excluding hydrogens is 137 g/mol. The van der Waals surface area contributed by atoms with E-state index in [9.17, 15) is 0 Å². The van der Waals surface area contributed by atoms with Crippen LogP contribution in [0.3, 0.4) is 0 Å². The average Bonchev–Trinajstić information content (AvgIpc) is 1.61. The van der Waals surface area contributed by atoms with Crippen LogP contribution in [-0.2, 0) is 0 Å². The molecule has 2 heteroatoms. The van der Waals surface area contributed by atoms with Gasteiger partial charge in [-0.15, -0.1) is 0 Å². The molecule has 34 valence electrons. The van der Waals surface area contributed by atoms with Crippen molar-refractivity contribution >= 4 is 15.8 Å². The summed E-state index contributed by atoms with van der Waals surface area (Å²) in [5.74, 6) is 0. The van der Waals surface area contributed by atoms with Crippen LogP contribution in [0.15, 0.2) is 0 Å². The average molecular weight is 145 g/mol. The fourth-order valence-electron chi connectivity index (χ4n) is 0.181. The Balaban J connectivity index is 2.54. The van der Waals surface area contributed by atoms with Crippen molar-refractivity contribution in [2.45, 2.75) is 17.3 Å². The van der Waals surface area contributed by atoms with E-state index in [1.165, 1.54) is 5.21 Å². The van der Waals surface area contributed by atoms with Gasteiger partial charge in [0.1, 0.15) is 0 Å². The molecule has 0 heterocycles. The Morgan fingerprint density at radius 3 is 2.67 bits per heavy atom. The second-order valence-electron chi connectivity index (χ2n) is 1.01. The molecule has 0 spiro atoms. The topological polar surface area (TPSA) is 23.8 Å². The molecule has 1 nitrogen and oxygen atoms in total. The standard InChI is InChI=1S/C4H8AsN/c1-5-3-2-4-6/h5H,2-3H2,1H3. The first kappa shape index (κ1) is 6.05. The van der Waals surface area contributed by atoms with Crippen LogP contribution in [0.25, 0.3) is 0 Å². The quantitative estimate of drug-likeness (QED) is 0.416. The third-order valence-corrected chi connectivity index (χ3v) is 2.06. The fraction of sp³-hybridized carbons (Fsp3) is 0.750. The molecule has 0 amide bonds. The Morgan fingerprint density at radius 2 is 2.50 bits per heavy atom. The predicted molar refractivity (Wildman–Crippen MR) is 28.0 cm³/mol. The monoisotopic (exact) mass is 145 g/mol. The molecule has 0 aliphatic carbocycles. The van der Waals surface area contributed by atoms with E-state index in [2.05, 4.69) is 11.8 Å². The first-order chi connectivity index (χ1) is 2.91. The van der Waals surface area contributed by atoms with Gasteiger partial charge in [-0.05, 0) is 0 Å². The van der Waals surface area contributed by atoms with E-state index in [0.717, 1.165) is 6.42 Å². The van der Waals surface area contributed by atoms with Crippen LogP contribution in [0, 0.1) is 11.3 Å². The van der Waals surface area contributed by atoms with Crippen LogP contribution in [0.1, 0.15) is 6.42 Å². The second kappa shape index (κ2) is 5.05. The molecule has 0 aromatic rings. The number of hydrogen-bond donors (Lipinski definition) is 0. The summed E-state index contributed by atoms with van der Waals surface area (Å²) in [6.45, 7) is 0. The molecule has 0 aliphatic heterocycles. The minimum atomic E-state index is 0.276. The van der Waals surface area contributed by atoms with Crippen molar-refractivity contribution in [3.05, 3.63) is 0 Å². The number of rotatable bonds is 2. The van der Waals surface area contributed by atoms with Crippen molar-refractivity contribution in [3.63, 3.8) is 0 Å². The first-order valence-corrected chi connectivity index (χ1v) is 5.51. The van der Waals surface area contributed by atoms with Crippen molar-refractivity contribution in [3.8, 4) is 6.07 Å². The Bertz CT molecular complexity index is 55.1. The number of nitrogens with zero attached hydrogens (tertiary/aromatic N) is 1. The summed E-state index contributed by atoms with van der Waals surface area (Å²) in [5, 5.41) is 9.14. The van der Waals surface area contributed by atoms with Gasteiger partial charge >= 0.3 is 44.4 Å². The van der Waals surface area contributed by atoms with Crippen molar-refractivity contribution in [1.82, 2.24) is 0 Å². The summed E-state index contributed by atoms with van der Waals surface area (Å²) in [4.78, 5) is 0. The first-order valence-electron chi connectivity index (χ1n) is 1.93. The Morgan fingerprint density at radius 1 is 1.83 bits per heavy atom. The Kier molecular flexibility index (Phi) is 5.09. The molecule has 6 heavy (non-hydrogen) atoms. The molecular formula is C4H8AsN. The molecule has 1 unspecified atom stereocenters. The van der Waals surface area contributed by atoms with Crippen LogP contribution >= 0.6 is 0 Å². The molecule has 0 saturated carbocycles. The molecule has 0 bridgehead atoms. The van der Waals surface area contributed by atoms with Crippen LogP contribution in [0.5, 0.6) is 0 Å². The summed E-state index contributed by atoms with van der Waals surface area (Å²) < 4.78 is 0. The zero-order chi connectivity index (χ0) is 4.83. The second-order valence-corrected chi connectivity index (χ2v) is 3.54. The number of hydrogen-bond acceptors (Lipinski definition) is 1. The molecule has 0 aromatic carbocycles. The van der Waals surface area contributed by atoms with E-state index in [-0.39, 0.29) is 15.8 Å². The molecule has 1 atom stereocenters. The van der Waals surface area contributed by atoms with Gasteiger partial charge in [0.2, 0.25) is 0 Å². The zero-order valence-corrected chi connectivity index (χ0v) is 5.96. The SMILES string of the molecule is C[AsH]CCC#N. The van der Waals surface area contributed by atoms with Crippen molar-refractivity contribution in [2.75, 3.05) is 0 Å². The predicted octanol–water partition coefficient (Wildman–Crippen LogP) is 0.803. The van der Waals surface area contributed by atoms with E-state index in [0.29, 0.717) is 0 Å². The normalized spacial score (nSPS) is 9.33. The third kappa shape index (κ3) is 4.05. The summed E-state index contributed by atoms with van der Waals surface area (Å²) in [7, 11) is 0. The van der Waals surface area contributed by atoms with Gasteiger partial charge in [0.15, 0.2) is 0 Å².